The third kappa shape index (κ3) is 2.25. The Bertz CT molecular complexity index is 234. The molecule has 0 saturated heterocycles. The predicted octanol–water partition coefficient (Wildman–Crippen LogP) is 1.56. The summed E-state index contributed by atoms with van der Waals surface area (Å²) in [7, 11) is 0. The normalized spacial score (nSPS) is 8.00. The van der Waals surface area contributed by atoms with Gasteiger partial charge < -0.3 is 9.94 Å². The first-order valence-electron chi connectivity index (χ1n) is 2.16. The van der Waals surface area contributed by atoms with Gasteiger partial charge in [0.05, 0.1) is 0 Å². The molecule has 0 spiro atoms. The molecule has 0 amide bonds. The molecule has 1 rings (SSSR count). The van der Waals surface area contributed by atoms with Crippen LogP contribution < -0.4 is 0 Å². The Morgan fingerprint density at radius 1 is 1.44 bits per heavy atom. The molecule has 9 heavy (non-hydrogen) atoms. The molecule has 0 radical (unpaired) electrons. The van der Waals surface area contributed by atoms with Gasteiger partial charge in [-0.05, 0) is 18.3 Å². The molecule has 1 heterocycles. The fourth-order valence-electron chi connectivity index (χ4n) is 0.413. The van der Waals surface area contributed by atoms with Crippen molar-refractivity contribution in [2.75, 3.05) is 0 Å². The number of hydrogen-bond donors (Lipinski definition) is 0. The zero-order valence-corrected chi connectivity index (χ0v) is 8.56. The second kappa shape index (κ2) is 3.75. The SMILES string of the molecule is [O-]n1ccccc1=S.[Zn+2]. The van der Waals surface area contributed by atoms with E-state index in [4.69, 9.17) is 0 Å². The van der Waals surface area contributed by atoms with Gasteiger partial charge in [0.25, 0.3) is 0 Å². The van der Waals surface area contributed by atoms with Crippen LogP contribution in [0.3, 0.4) is 0 Å². The van der Waals surface area contributed by atoms with Crippen molar-refractivity contribution < 1.29 is 19.5 Å². The minimum Gasteiger partial charge on any atom is -0.805 e. The standard InChI is InChI=1S/C5H4NOS.Zn/c7-6-4-2-1-3-5(6)8;/h1-4H;/q-1;+2. The molecule has 1 aromatic heterocycles. The molecule has 4 heteroatoms. The van der Waals surface area contributed by atoms with Crippen molar-refractivity contribution in [3.63, 3.8) is 0 Å². The van der Waals surface area contributed by atoms with Crippen LogP contribution in [0.5, 0.6) is 0 Å². The quantitative estimate of drug-likeness (QED) is 0.460. The fourth-order valence-corrected chi connectivity index (χ4v) is 0.552. The second-order valence-corrected chi connectivity index (χ2v) is 1.78. The molecule has 0 N–H and O–H groups in total. The minimum atomic E-state index is 0. The maximum atomic E-state index is 10.4. The molecule has 0 atom stereocenters. The molecule has 2 nitrogen and oxygen atoms in total. The van der Waals surface area contributed by atoms with Gasteiger partial charge in [-0.3, -0.25) is 0 Å². The number of rotatable bonds is 0. The van der Waals surface area contributed by atoms with Crippen molar-refractivity contribution >= 4 is 12.2 Å². The van der Waals surface area contributed by atoms with Gasteiger partial charge in [-0.15, -0.1) is 0 Å². The third-order valence-corrected chi connectivity index (χ3v) is 1.10. The summed E-state index contributed by atoms with van der Waals surface area (Å²) in [6, 6.07) is 4.96. The van der Waals surface area contributed by atoms with Gasteiger partial charge in [-0.1, -0.05) is 18.3 Å². The smallest absolute Gasteiger partial charge is 0.805 e. The van der Waals surface area contributed by atoms with Crippen LogP contribution in [0.1, 0.15) is 0 Å². The number of nitrogens with zero attached hydrogens (tertiary/aromatic N) is 1. The van der Waals surface area contributed by atoms with Crippen LogP contribution in [0, 0.1) is 9.85 Å². The van der Waals surface area contributed by atoms with E-state index in [2.05, 4.69) is 12.2 Å². The van der Waals surface area contributed by atoms with Crippen molar-refractivity contribution in [1.29, 1.82) is 0 Å². The van der Waals surface area contributed by atoms with Crippen LogP contribution >= 0.6 is 12.2 Å². The molecule has 0 bridgehead atoms. The van der Waals surface area contributed by atoms with Gasteiger partial charge in [0.1, 0.15) is 4.64 Å². The fraction of sp³-hybridized carbons (Fsp3) is 0. The van der Waals surface area contributed by atoms with Crippen molar-refractivity contribution in [3.05, 3.63) is 34.2 Å². The molecular weight excluding hydrogens is 188 g/mol. The summed E-state index contributed by atoms with van der Waals surface area (Å²) in [5.41, 5.74) is 0. The van der Waals surface area contributed by atoms with E-state index >= 15 is 0 Å². The van der Waals surface area contributed by atoms with Gasteiger partial charge in [0, 0.05) is 0 Å². The second-order valence-electron chi connectivity index (χ2n) is 1.36. The largest absolute Gasteiger partial charge is 2.00 e. The average Bonchev–Trinajstić information content (AvgIpc) is 1.77. The molecule has 0 aromatic carbocycles. The Labute approximate surface area is 70.9 Å². The molecule has 42 valence electrons. The minimum absolute atomic E-state index is 0. The zero-order chi connectivity index (χ0) is 5.98. The monoisotopic (exact) mass is 190 g/mol. The molecule has 0 aliphatic rings. The number of hydrogen-bond acceptors (Lipinski definition) is 2. The van der Waals surface area contributed by atoms with Crippen molar-refractivity contribution in [2.45, 2.75) is 0 Å². The Morgan fingerprint density at radius 2 is 2.11 bits per heavy atom. The van der Waals surface area contributed by atoms with E-state index in [0.29, 0.717) is 9.37 Å². The summed E-state index contributed by atoms with van der Waals surface area (Å²) in [6.45, 7) is 0. The summed E-state index contributed by atoms with van der Waals surface area (Å²) in [6.07, 6.45) is 1.38. The summed E-state index contributed by atoms with van der Waals surface area (Å²) in [4.78, 5) is 0. The summed E-state index contributed by atoms with van der Waals surface area (Å²) in [5, 5.41) is 10.4. The van der Waals surface area contributed by atoms with E-state index in [9.17, 15) is 5.21 Å². The van der Waals surface area contributed by atoms with E-state index in [1.54, 1.807) is 18.2 Å². The van der Waals surface area contributed by atoms with Crippen LogP contribution in [0.4, 0.5) is 0 Å². The van der Waals surface area contributed by atoms with Crippen LogP contribution in [0.15, 0.2) is 24.4 Å². The van der Waals surface area contributed by atoms with Gasteiger partial charge in [0.15, 0.2) is 0 Å². The number of aromatic nitrogens is 1. The van der Waals surface area contributed by atoms with Gasteiger partial charge in [0.2, 0.25) is 0 Å². The third-order valence-electron chi connectivity index (χ3n) is 0.789. The maximum absolute atomic E-state index is 10.4. The molecule has 1 aromatic rings. The molecule has 0 saturated carbocycles. The molecule has 0 aliphatic heterocycles. The first-order chi connectivity index (χ1) is 3.80. The average molecular weight is 192 g/mol. The molecule has 0 fully saturated rings. The van der Waals surface area contributed by atoms with E-state index < -0.39 is 0 Å². The summed E-state index contributed by atoms with van der Waals surface area (Å²) in [5.74, 6) is 0. The van der Waals surface area contributed by atoms with Gasteiger partial charge in [-0.2, -0.15) is 0 Å². The van der Waals surface area contributed by atoms with Crippen LogP contribution in [0.25, 0.3) is 0 Å². The topological polar surface area (TPSA) is 28.0 Å². The maximum Gasteiger partial charge on any atom is 2.00 e. The Kier molecular flexibility index (Phi) is 3.66. The Hall–Kier alpha value is -0.207. The van der Waals surface area contributed by atoms with E-state index in [1.807, 2.05) is 0 Å². The van der Waals surface area contributed by atoms with Crippen LogP contribution in [-0.2, 0) is 19.5 Å². The van der Waals surface area contributed by atoms with Crippen LogP contribution in [-0.4, -0.2) is 4.73 Å². The zero-order valence-electron chi connectivity index (χ0n) is 4.78. The molecular formula is C5H4NOSZn+. The Balaban J connectivity index is 0.000000640. The first-order valence-corrected chi connectivity index (χ1v) is 2.57. The molecule has 0 unspecified atom stereocenters. The van der Waals surface area contributed by atoms with E-state index in [-0.39, 0.29) is 19.5 Å². The Morgan fingerprint density at radius 3 is 2.44 bits per heavy atom. The van der Waals surface area contributed by atoms with Crippen molar-refractivity contribution in [1.82, 2.24) is 4.73 Å². The van der Waals surface area contributed by atoms with E-state index in [1.165, 1.54) is 6.20 Å². The van der Waals surface area contributed by atoms with Gasteiger partial charge >= 0.3 is 19.5 Å². The van der Waals surface area contributed by atoms with Crippen molar-refractivity contribution in [2.24, 2.45) is 0 Å². The van der Waals surface area contributed by atoms with Crippen molar-refractivity contribution in [3.8, 4) is 0 Å². The van der Waals surface area contributed by atoms with E-state index in [0.717, 1.165) is 0 Å². The van der Waals surface area contributed by atoms with Crippen LogP contribution in [0.2, 0.25) is 0 Å². The summed E-state index contributed by atoms with van der Waals surface area (Å²) >= 11 is 4.60. The summed E-state index contributed by atoms with van der Waals surface area (Å²) < 4.78 is 0.961. The predicted molar refractivity (Wildman–Crippen MR) is 34.0 cm³/mol. The molecule has 0 aliphatic carbocycles. The first kappa shape index (κ1) is 8.79. The number of pyridine rings is 1. The van der Waals surface area contributed by atoms with Gasteiger partial charge in [-0.25, -0.2) is 0 Å².